The highest BCUT2D eigenvalue weighted by atomic mass is 16.5. The number of nitrogen functional groups attached to an aromatic ring is 1. The number of carbonyl (C=O) groups excluding carboxylic acids is 1. The number of hydrogen-bond acceptors (Lipinski definition) is 4. The first-order chi connectivity index (χ1) is 7.20. The lowest BCUT2D eigenvalue weighted by Crippen LogP contribution is -2.06. The summed E-state index contributed by atoms with van der Waals surface area (Å²) < 4.78 is 10.1. The largest absolute Gasteiger partial charge is 0.490 e. The summed E-state index contributed by atoms with van der Waals surface area (Å²) in [5.41, 5.74) is 6.48. The normalized spacial score (nSPS) is 14.7. The molecule has 1 saturated carbocycles. The molecule has 0 radical (unpaired) electrons. The maximum atomic E-state index is 11.2. The van der Waals surface area contributed by atoms with E-state index in [0.29, 0.717) is 23.1 Å². The molecule has 0 aromatic heterocycles. The van der Waals surface area contributed by atoms with Crippen LogP contribution in [0.15, 0.2) is 18.2 Å². The minimum absolute atomic E-state index is 0.327. The van der Waals surface area contributed by atoms with Crippen molar-refractivity contribution in [2.75, 3.05) is 12.8 Å². The van der Waals surface area contributed by atoms with Gasteiger partial charge < -0.3 is 15.2 Å². The Balaban J connectivity index is 2.17. The molecule has 1 aliphatic carbocycles. The topological polar surface area (TPSA) is 61.5 Å². The molecule has 0 spiro atoms. The third-order valence-electron chi connectivity index (χ3n) is 2.26. The molecule has 0 bridgehead atoms. The van der Waals surface area contributed by atoms with Crippen molar-refractivity contribution in [1.29, 1.82) is 0 Å². The van der Waals surface area contributed by atoms with Crippen molar-refractivity contribution in [3.8, 4) is 5.75 Å². The Labute approximate surface area is 88.0 Å². The van der Waals surface area contributed by atoms with Crippen molar-refractivity contribution >= 4 is 11.7 Å². The van der Waals surface area contributed by atoms with Gasteiger partial charge in [-0.25, -0.2) is 4.79 Å². The number of benzene rings is 1. The predicted octanol–water partition coefficient (Wildman–Crippen LogP) is 1.60. The molecule has 2 rings (SSSR count). The molecule has 4 heteroatoms. The van der Waals surface area contributed by atoms with Gasteiger partial charge in [-0.3, -0.25) is 0 Å². The fourth-order valence-electron chi connectivity index (χ4n) is 1.29. The van der Waals surface area contributed by atoms with E-state index in [1.807, 2.05) is 0 Å². The zero-order valence-electron chi connectivity index (χ0n) is 8.53. The van der Waals surface area contributed by atoms with Crippen LogP contribution in [0.1, 0.15) is 23.2 Å². The van der Waals surface area contributed by atoms with Gasteiger partial charge in [0.1, 0.15) is 5.75 Å². The van der Waals surface area contributed by atoms with Crippen LogP contribution in [0, 0.1) is 0 Å². The molecular weight excluding hydrogens is 194 g/mol. The summed E-state index contributed by atoms with van der Waals surface area (Å²) in [5.74, 6) is 0.285. The van der Waals surface area contributed by atoms with Gasteiger partial charge in [-0.2, -0.15) is 0 Å². The Morgan fingerprint density at radius 2 is 2.20 bits per heavy atom. The number of rotatable bonds is 3. The van der Waals surface area contributed by atoms with E-state index in [1.165, 1.54) is 7.11 Å². The zero-order chi connectivity index (χ0) is 10.8. The second kappa shape index (κ2) is 3.81. The van der Waals surface area contributed by atoms with Gasteiger partial charge >= 0.3 is 5.97 Å². The fraction of sp³-hybridized carbons (Fsp3) is 0.364. The molecule has 0 aliphatic heterocycles. The number of esters is 1. The van der Waals surface area contributed by atoms with E-state index in [0.717, 1.165) is 12.8 Å². The van der Waals surface area contributed by atoms with Crippen LogP contribution in [0.2, 0.25) is 0 Å². The first-order valence-electron chi connectivity index (χ1n) is 4.85. The number of methoxy groups -OCH3 is 1. The van der Waals surface area contributed by atoms with Crippen LogP contribution < -0.4 is 10.5 Å². The SMILES string of the molecule is COC(=O)c1ccc(OC2CC2)cc1N. The maximum Gasteiger partial charge on any atom is 0.339 e. The lowest BCUT2D eigenvalue weighted by Gasteiger charge is -2.07. The molecule has 4 nitrogen and oxygen atoms in total. The second-order valence-electron chi connectivity index (χ2n) is 3.56. The average molecular weight is 207 g/mol. The van der Waals surface area contributed by atoms with Gasteiger partial charge in [0.05, 0.1) is 18.8 Å². The third-order valence-corrected chi connectivity index (χ3v) is 2.26. The van der Waals surface area contributed by atoms with Crippen LogP contribution in [0.5, 0.6) is 5.75 Å². The van der Waals surface area contributed by atoms with Crippen molar-refractivity contribution in [1.82, 2.24) is 0 Å². The molecule has 0 amide bonds. The average Bonchev–Trinajstić information content (AvgIpc) is 3.01. The van der Waals surface area contributed by atoms with E-state index < -0.39 is 5.97 Å². The Kier molecular flexibility index (Phi) is 2.49. The molecule has 1 aromatic carbocycles. The third kappa shape index (κ3) is 2.21. The lowest BCUT2D eigenvalue weighted by atomic mass is 10.2. The van der Waals surface area contributed by atoms with Gasteiger partial charge in [-0.1, -0.05) is 0 Å². The molecule has 15 heavy (non-hydrogen) atoms. The minimum Gasteiger partial charge on any atom is -0.490 e. The lowest BCUT2D eigenvalue weighted by molar-refractivity contribution is 0.0602. The monoisotopic (exact) mass is 207 g/mol. The van der Waals surface area contributed by atoms with Gasteiger partial charge in [0.15, 0.2) is 0 Å². The highest BCUT2D eigenvalue weighted by molar-refractivity contribution is 5.95. The van der Waals surface area contributed by atoms with Gasteiger partial charge in [0.2, 0.25) is 0 Å². The van der Waals surface area contributed by atoms with Crippen LogP contribution in [0.4, 0.5) is 5.69 Å². The molecule has 0 saturated heterocycles. The van der Waals surface area contributed by atoms with E-state index in [9.17, 15) is 4.79 Å². The molecule has 0 atom stereocenters. The van der Waals surface area contributed by atoms with Crippen LogP contribution in [0.3, 0.4) is 0 Å². The van der Waals surface area contributed by atoms with Crippen LogP contribution in [-0.4, -0.2) is 19.2 Å². The van der Waals surface area contributed by atoms with Crippen molar-refractivity contribution in [3.63, 3.8) is 0 Å². The number of anilines is 1. The fourth-order valence-corrected chi connectivity index (χ4v) is 1.29. The van der Waals surface area contributed by atoms with Gasteiger partial charge in [0.25, 0.3) is 0 Å². The summed E-state index contributed by atoms with van der Waals surface area (Å²) in [6.07, 6.45) is 2.52. The predicted molar refractivity (Wildman–Crippen MR) is 55.8 cm³/mol. The second-order valence-corrected chi connectivity index (χ2v) is 3.56. The molecule has 0 unspecified atom stereocenters. The van der Waals surface area contributed by atoms with Crippen molar-refractivity contribution in [2.24, 2.45) is 0 Å². The summed E-state index contributed by atoms with van der Waals surface area (Å²) in [7, 11) is 1.33. The molecule has 2 N–H and O–H groups in total. The Morgan fingerprint density at radius 3 is 2.73 bits per heavy atom. The highest BCUT2D eigenvalue weighted by Crippen LogP contribution is 2.28. The Bertz CT molecular complexity index is 385. The highest BCUT2D eigenvalue weighted by Gasteiger charge is 2.23. The van der Waals surface area contributed by atoms with E-state index in [2.05, 4.69) is 4.74 Å². The minimum atomic E-state index is -0.425. The maximum absolute atomic E-state index is 11.2. The van der Waals surface area contributed by atoms with Crippen LogP contribution in [-0.2, 0) is 4.74 Å². The Morgan fingerprint density at radius 1 is 1.47 bits per heavy atom. The Hall–Kier alpha value is -1.71. The molecule has 1 fully saturated rings. The van der Waals surface area contributed by atoms with E-state index in [-0.39, 0.29) is 0 Å². The molecule has 1 aromatic rings. The number of ether oxygens (including phenoxy) is 2. The van der Waals surface area contributed by atoms with E-state index >= 15 is 0 Å². The summed E-state index contributed by atoms with van der Waals surface area (Å²) in [6.45, 7) is 0. The standard InChI is InChI=1S/C11H13NO3/c1-14-11(13)9-5-4-8(6-10(9)12)15-7-2-3-7/h4-7H,2-3,12H2,1H3. The molecule has 0 heterocycles. The van der Waals surface area contributed by atoms with Crippen molar-refractivity contribution in [2.45, 2.75) is 18.9 Å². The number of carbonyl (C=O) groups is 1. The molecular formula is C11H13NO3. The summed E-state index contributed by atoms with van der Waals surface area (Å²) >= 11 is 0. The summed E-state index contributed by atoms with van der Waals surface area (Å²) in [6, 6.07) is 5.02. The summed E-state index contributed by atoms with van der Waals surface area (Å²) in [4.78, 5) is 11.2. The van der Waals surface area contributed by atoms with Crippen molar-refractivity contribution < 1.29 is 14.3 Å². The van der Waals surface area contributed by atoms with Gasteiger partial charge in [-0.05, 0) is 25.0 Å². The van der Waals surface area contributed by atoms with Crippen molar-refractivity contribution in [3.05, 3.63) is 23.8 Å². The number of hydrogen-bond donors (Lipinski definition) is 1. The van der Waals surface area contributed by atoms with E-state index in [4.69, 9.17) is 10.5 Å². The number of nitrogens with two attached hydrogens (primary N) is 1. The van der Waals surface area contributed by atoms with Gasteiger partial charge in [0, 0.05) is 11.8 Å². The first kappa shape index (κ1) is 9.83. The smallest absolute Gasteiger partial charge is 0.339 e. The zero-order valence-corrected chi connectivity index (χ0v) is 8.53. The molecule has 1 aliphatic rings. The first-order valence-corrected chi connectivity index (χ1v) is 4.85. The van der Waals surface area contributed by atoms with Crippen LogP contribution >= 0.6 is 0 Å². The van der Waals surface area contributed by atoms with Gasteiger partial charge in [-0.15, -0.1) is 0 Å². The summed E-state index contributed by atoms with van der Waals surface area (Å²) in [5, 5.41) is 0. The molecule has 80 valence electrons. The van der Waals surface area contributed by atoms with E-state index in [1.54, 1.807) is 18.2 Å². The quantitative estimate of drug-likeness (QED) is 0.604. The van der Waals surface area contributed by atoms with Crippen LogP contribution in [0.25, 0.3) is 0 Å².